The first-order valence-electron chi connectivity index (χ1n) is 8.36. The summed E-state index contributed by atoms with van der Waals surface area (Å²) in [5, 5.41) is 4.68. The van der Waals surface area contributed by atoms with Gasteiger partial charge >= 0.3 is 0 Å². The molecule has 4 nitrogen and oxygen atoms in total. The van der Waals surface area contributed by atoms with Crippen LogP contribution < -0.4 is 5.32 Å². The SMILES string of the molecule is Cc1c(Cl)cccc1-n1ccnc1SCC(=O)NC1CCCCC1. The second-order valence-corrected chi connectivity index (χ2v) is 7.50. The zero-order chi connectivity index (χ0) is 16.9. The van der Waals surface area contributed by atoms with Gasteiger partial charge in [0, 0.05) is 23.5 Å². The molecule has 0 aliphatic heterocycles. The van der Waals surface area contributed by atoms with E-state index in [0.717, 1.165) is 34.3 Å². The summed E-state index contributed by atoms with van der Waals surface area (Å²) in [6.07, 6.45) is 9.59. The van der Waals surface area contributed by atoms with Gasteiger partial charge < -0.3 is 5.32 Å². The number of benzene rings is 1. The van der Waals surface area contributed by atoms with Crippen molar-refractivity contribution in [3.05, 3.63) is 41.2 Å². The molecule has 0 unspecified atom stereocenters. The van der Waals surface area contributed by atoms with Crippen molar-refractivity contribution < 1.29 is 4.79 Å². The fourth-order valence-electron chi connectivity index (χ4n) is 3.08. The zero-order valence-corrected chi connectivity index (χ0v) is 15.4. The lowest BCUT2D eigenvalue weighted by Gasteiger charge is -2.22. The van der Waals surface area contributed by atoms with Crippen molar-refractivity contribution in [2.45, 2.75) is 50.2 Å². The number of aromatic nitrogens is 2. The Kier molecular flexibility index (Phi) is 5.85. The van der Waals surface area contributed by atoms with Gasteiger partial charge in [0.1, 0.15) is 0 Å². The summed E-state index contributed by atoms with van der Waals surface area (Å²) in [4.78, 5) is 16.6. The van der Waals surface area contributed by atoms with Crippen LogP contribution in [0.3, 0.4) is 0 Å². The maximum Gasteiger partial charge on any atom is 0.230 e. The second kappa shape index (κ2) is 8.08. The molecule has 1 aromatic heterocycles. The van der Waals surface area contributed by atoms with Gasteiger partial charge in [-0.3, -0.25) is 9.36 Å². The molecule has 6 heteroatoms. The van der Waals surface area contributed by atoms with Crippen molar-refractivity contribution in [3.8, 4) is 5.69 Å². The summed E-state index contributed by atoms with van der Waals surface area (Å²) in [6, 6.07) is 6.16. The molecule has 1 heterocycles. The largest absolute Gasteiger partial charge is 0.353 e. The number of halogens is 1. The molecule has 3 rings (SSSR count). The summed E-state index contributed by atoms with van der Waals surface area (Å²) in [5.41, 5.74) is 2.00. The van der Waals surface area contributed by atoms with E-state index >= 15 is 0 Å². The molecule has 0 radical (unpaired) electrons. The van der Waals surface area contributed by atoms with E-state index in [4.69, 9.17) is 11.6 Å². The Bertz CT molecular complexity index is 710. The number of rotatable bonds is 5. The highest BCUT2D eigenvalue weighted by atomic mass is 35.5. The zero-order valence-electron chi connectivity index (χ0n) is 13.8. The monoisotopic (exact) mass is 363 g/mol. The van der Waals surface area contributed by atoms with Crippen LogP contribution in [0.25, 0.3) is 5.69 Å². The van der Waals surface area contributed by atoms with Crippen LogP contribution in [0.4, 0.5) is 0 Å². The Morgan fingerprint density at radius 2 is 2.17 bits per heavy atom. The van der Waals surface area contributed by atoms with E-state index in [-0.39, 0.29) is 5.91 Å². The van der Waals surface area contributed by atoms with Crippen molar-refractivity contribution in [2.75, 3.05) is 5.75 Å². The van der Waals surface area contributed by atoms with E-state index in [0.29, 0.717) is 11.8 Å². The summed E-state index contributed by atoms with van der Waals surface area (Å²) >= 11 is 7.67. The van der Waals surface area contributed by atoms with Crippen molar-refractivity contribution in [1.29, 1.82) is 0 Å². The van der Waals surface area contributed by atoms with Crippen molar-refractivity contribution in [1.82, 2.24) is 14.9 Å². The first-order valence-corrected chi connectivity index (χ1v) is 9.72. The average molecular weight is 364 g/mol. The number of nitrogens with zero attached hydrogens (tertiary/aromatic N) is 2. The van der Waals surface area contributed by atoms with E-state index in [1.807, 2.05) is 35.9 Å². The third-order valence-electron chi connectivity index (χ3n) is 4.41. The standard InChI is InChI=1S/C18H22ClN3OS/c1-13-15(19)8-5-9-16(13)22-11-10-20-18(22)24-12-17(23)21-14-6-3-2-4-7-14/h5,8-11,14H,2-4,6-7,12H2,1H3,(H,21,23). The third-order valence-corrected chi connectivity index (χ3v) is 5.78. The molecule has 24 heavy (non-hydrogen) atoms. The van der Waals surface area contributed by atoms with Crippen LogP contribution in [-0.2, 0) is 4.79 Å². The molecular weight excluding hydrogens is 342 g/mol. The Morgan fingerprint density at radius 3 is 2.96 bits per heavy atom. The molecule has 128 valence electrons. The molecule has 0 bridgehead atoms. The summed E-state index contributed by atoms with van der Waals surface area (Å²) in [7, 11) is 0. The predicted octanol–water partition coefficient (Wildman–Crippen LogP) is 4.38. The third kappa shape index (κ3) is 4.14. The van der Waals surface area contributed by atoms with Crippen molar-refractivity contribution in [3.63, 3.8) is 0 Å². The lowest BCUT2D eigenvalue weighted by atomic mass is 9.95. The van der Waals surface area contributed by atoms with Crippen molar-refractivity contribution in [2.24, 2.45) is 0 Å². The number of nitrogens with one attached hydrogen (secondary N) is 1. The molecule has 0 atom stereocenters. The minimum Gasteiger partial charge on any atom is -0.353 e. The van der Waals surface area contributed by atoms with Crippen molar-refractivity contribution >= 4 is 29.3 Å². The van der Waals surface area contributed by atoms with Gasteiger partial charge in [-0.25, -0.2) is 4.98 Å². The smallest absolute Gasteiger partial charge is 0.230 e. The highest BCUT2D eigenvalue weighted by molar-refractivity contribution is 7.99. The molecule has 1 aromatic carbocycles. The van der Waals surface area contributed by atoms with Gasteiger partial charge in [-0.1, -0.05) is 48.7 Å². The minimum atomic E-state index is 0.0873. The molecule has 0 saturated heterocycles. The van der Waals surface area contributed by atoms with Crippen LogP contribution in [-0.4, -0.2) is 27.3 Å². The molecule has 1 amide bonds. The maximum absolute atomic E-state index is 12.2. The first-order chi connectivity index (χ1) is 11.6. The molecule has 1 fully saturated rings. The molecule has 1 aliphatic rings. The molecule has 1 saturated carbocycles. The van der Waals surface area contributed by atoms with Crippen LogP contribution in [0.5, 0.6) is 0 Å². The van der Waals surface area contributed by atoms with Crippen LogP contribution in [0.1, 0.15) is 37.7 Å². The molecule has 1 N–H and O–H groups in total. The minimum absolute atomic E-state index is 0.0873. The van der Waals surface area contributed by atoms with E-state index in [9.17, 15) is 4.79 Å². The summed E-state index contributed by atoms with van der Waals surface area (Å²) in [5.74, 6) is 0.469. The lowest BCUT2D eigenvalue weighted by molar-refractivity contribution is -0.119. The highest BCUT2D eigenvalue weighted by Gasteiger charge is 2.17. The van der Waals surface area contributed by atoms with Crippen LogP contribution in [0.2, 0.25) is 5.02 Å². The number of carbonyl (C=O) groups excluding carboxylic acids is 1. The summed E-state index contributed by atoms with van der Waals surface area (Å²) < 4.78 is 1.99. The van der Waals surface area contributed by atoms with Crippen LogP contribution in [0, 0.1) is 6.92 Å². The molecule has 2 aromatic rings. The first kappa shape index (κ1) is 17.4. The van der Waals surface area contributed by atoms with Gasteiger partial charge in [-0.2, -0.15) is 0 Å². The Hall–Kier alpha value is -1.46. The van der Waals surface area contributed by atoms with Gasteiger partial charge in [0.25, 0.3) is 0 Å². The number of hydrogen-bond acceptors (Lipinski definition) is 3. The number of imidazole rings is 1. The molecule has 1 aliphatic carbocycles. The quantitative estimate of drug-likeness (QED) is 0.802. The van der Waals surface area contributed by atoms with Gasteiger partial charge in [0.05, 0.1) is 11.4 Å². The number of amides is 1. The van der Waals surface area contributed by atoms with Gasteiger partial charge in [0.15, 0.2) is 5.16 Å². The molecule has 0 spiro atoms. The number of carbonyl (C=O) groups is 1. The molecular formula is C18H22ClN3OS. The van der Waals surface area contributed by atoms with E-state index in [2.05, 4.69) is 10.3 Å². The summed E-state index contributed by atoms with van der Waals surface area (Å²) in [6.45, 7) is 1.99. The number of thioether (sulfide) groups is 1. The lowest BCUT2D eigenvalue weighted by Crippen LogP contribution is -2.37. The number of hydrogen-bond donors (Lipinski definition) is 1. The maximum atomic E-state index is 12.2. The normalized spacial score (nSPS) is 15.4. The second-order valence-electron chi connectivity index (χ2n) is 6.15. The fourth-order valence-corrected chi connectivity index (χ4v) is 4.03. The van der Waals surface area contributed by atoms with Gasteiger partial charge in [0.2, 0.25) is 5.91 Å². The Balaban J connectivity index is 1.63. The fraction of sp³-hybridized carbons (Fsp3) is 0.444. The Labute approximate surface area is 152 Å². The van der Waals surface area contributed by atoms with Gasteiger partial charge in [-0.05, 0) is 37.5 Å². The highest BCUT2D eigenvalue weighted by Crippen LogP contribution is 2.26. The predicted molar refractivity (Wildman–Crippen MR) is 99.1 cm³/mol. The van der Waals surface area contributed by atoms with E-state index in [1.165, 1.54) is 31.0 Å². The topological polar surface area (TPSA) is 46.9 Å². The van der Waals surface area contributed by atoms with Crippen LogP contribution >= 0.6 is 23.4 Å². The van der Waals surface area contributed by atoms with Crippen LogP contribution in [0.15, 0.2) is 35.7 Å². The van der Waals surface area contributed by atoms with Gasteiger partial charge in [-0.15, -0.1) is 0 Å². The van der Waals surface area contributed by atoms with E-state index < -0.39 is 0 Å². The average Bonchev–Trinajstić information content (AvgIpc) is 3.05. The Morgan fingerprint density at radius 1 is 1.38 bits per heavy atom. The van der Waals surface area contributed by atoms with E-state index in [1.54, 1.807) is 6.20 Å².